The Morgan fingerprint density at radius 3 is 2.76 bits per heavy atom. The number of carbonyl (C=O) groups is 1. The molecular formula is C18H14BrNO. The number of carbonyl (C=O) groups excluding carboxylic acids is 1. The Morgan fingerprint density at radius 2 is 1.90 bits per heavy atom. The third kappa shape index (κ3) is 2.74. The summed E-state index contributed by atoms with van der Waals surface area (Å²) in [4.78, 5) is 16.9. The third-order valence-electron chi connectivity index (χ3n) is 3.66. The van der Waals surface area contributed by atoms with Gasteiger partial charge in [0.2, 0.25) is 0 Å². The molecule has 0 spiro atoms. The van der Waals surface area contributed by atoms with Gasteiger partial charge in [0.1, 0.15) is 0 Å². The topological polar surface area (TPSA) is 30.0 Å². The number of rotatable bonds is 3. The number of ketones is 1. The second-order valence-electron chi connectivity index (χ2n) is 5.00. The molecule has 1 aromatic heterocycles. The molecule has 0 saturated heterocycles. The summed E-state index contributed by atoms with van der Waals surface area (Å²) in [6.07, 6.45) is 2.15. The average molecular weight is 340 g/mol. The monoisotopic (exact) mass is 339 g/mol. The van der Waals surface area contributed by atoms with Crippen molar-refractivity contribution < 1.29 is 4.79 Å². The number of aromatic nitrogens is 1. The highest BCUT2D eigenvalue weighted by Gasteiger charge is 2.13. The Hall–Kier alpha value is -2.00. The van der Waals surface area contributed by atoms with Gasteiger partial charge in [-0.15, -0.1) is 0 Å². The van der Waals surface area contributed by atoms with Crippen molar-refractivity contribution in [2.45, 2.75) is 13.3 Å². The second kappa shape index (κ2) is 5.78. The molecular weight excluding hydrogens is 326 g/mol. The van der Waals surface area contributed by atoms with Crippen LogP contribution in [0.3, 0.4) is 0 Å². The molecule has 21 heavy (non-hydrogen) atoms. The Labute approximate surface area is 132 Å². The van der Waals surface area contributed by atoms with E-state index in [9.17, 15) is 4.79 Å². The highest BCUT2D eigenvalue weighted by Crippen LogP contribution is 2.23. The van der Waals surface area contributed by atoms with Gasteiger partial charge in [-0.25, -0.2) is 0 Å². The van der Waals surface area contributed by atoms with Gasteiger partial charge in [0.15, 0.2) is 5.78 Å². The quantitative estimate of drug-likeness (QED) is 0.645. The highest BCUT2D eigenvalue weighted by atomic mass is 79.9. The fourth-order valence-corrected chi connectivity index (χ4v) is 2.85. The minimum Gasteiger partial charge on any atom is -0.294 e. The Kier molecular flexibility index (Phi) is 3.84. The van der Waals surface area contributed by atoms with Gasteiger partial charge in [-0.2, -0.15) is 0 Å². The summed E-state index contributed by atoms with van der Waals surface area (Å²) in [6, 6.07) is 15.6. The van der Waals surface area contributed by atoms with Crippen LogP contribution >= 0.6 is 15.9 Å². The van der Waals surface area contributed by atoms with Crippen molar-refractivity contribution in [1.29, 1.82) is 0 Å². The van der Waals surface area contributed by atoms with E-state index >= 15 is 0 Å². The molecule has 0 aliphatic heterocycles. The lowest BCUT2D eigenvalue weighted by Crippen LogP contribution is -2.06. The van der Waals surface area contributed by atoms with E-state index in [2.05, 4.69) is 20.9 Å². The van der Waals surface area contributed by atoms with Gasteiger partial charge in [-0.1, -0.05) is 46.3 Å². The van der Waals surface area contributed by atoms with Crippen LogP contribution in [0.4, 0.5) is 0 Å². The fourth-order valence-electron chi connectivity index (χ4n) is 2.49. The predicted octanol–water partition coefficient (Wildman–Crippen LogP) is 4.73. The number of halogens is 1. The number of fused-ring (bicyclic) bond motifs is 1. The molecule has 3 rings (SSSR count). The van der Waals surface area contributed by atoms with Crippen LogP contribution in [-0.2, 0) is 6.42 Å². The number of pyridine rings is 1. The SMILES string of the molecule is Cc1c(Br)cccc1C(=O)Cc1ccnc2ccccc12. The van der Waals surface area contributed by atoms with Crippen LogP contribution in [-0.4, -0.2) is 10.8 Å². The van der Waals surface area contributed by atoms with E-state index in [0.29, 0.717) is 6.42 Å². The zero-order valence-corrected chi connectivity index (χ0v) is 13.2. The van der Waals surface area contributed by atoms with E-state index in [1.54, 1.807) is 6.20 Å². The van der Waals surface area contributed by atoms with Crippen LogP contribution in [0.15, 0.2) is 59.2 Å². The average Bonchev–Trinajstić information content (AvgIpc) is 2.50. The van der Waals surface area contributed by atoms with E-state index in [0.717, 1.165) is 32.1 Å². The van der Waals surface area contributed by atoms with Gasteiger partial charge in [0.05, 0.1) is 5.52 Å². The summed E-state index contributed by atoms with van der Waals surface area (Å²) in [5.41, 5.74) is 3.70. The Morgan fingerprint density at radius 1 is 1.10 bits per heavy atom. The first-order valence-electron chi connectivity index (χ1n) is 6.78. The predicted molar refractivity (Wildman–Crippen MR) is 88.7 cm³/mol. The first-order valence-corrected chi connectivity index (χ1v) is 7.57. The maximum atomic E-state index is 12.6. The van der Waals surface area contributed by atoms with Crippen LogP contribution < -0.4 is 0 Å². The van der Waals surface area contributed by atoms with E-state index in [4.69, 9.17) is 0 Å². The first kappa shape index (κ1) is 14.0. The summed E-state index contributed by atoms with van der Waals surface area (Å²) in [6.45, 7) is 1.96. The largest absolute Gasteiger partial charge is 0.294 e. The van der Waals surface area contributed by atoms with Crippen LogP contribution in [0.2, 0.25) is 0 Å². The molecule has 3 heteroatoms. The molecule has 0 atom stereocenters. The number of nitrogens with zero attached hydrogens (tertiary/aromatic N) is 1. The Bertz CT molecular complexity index is 821. The summed E-state index contributed by atoms with van der Waals surface area (Å²) in [5.74, 6) is 0.130. The summed E-state index contributed by atoms with van der Waals surface area (Å²) >= 11 is 3.48. The van der Waals surface area contributed by atoms with Gasteiger partial charge >= 0.3 is 0 Å². The lowest BCUT2D eigenvalue weighted by molar-refractivity contribution is 0.0992. The molecule has 0 radical (unpaired) electrons. The van der Waals surface area contributed by atoms with Gasteiger partial charge in [-0.05, 0) is 36.2 Å². The third-order valence-corrected chi connectivity index (χ3v) is 4.52. The van der Waals surface area contributed by atoms with Crippen LogP contribution in [0.25, 0.3) is 10.9 Å². The highest BCUT2D eigenvalue weighted by molar-refractivity contribution is 9.10. The molecule has 3 aromatic rings. The van der Waals surface area contributed by atoms with E-state index in [1.807, 2.05) is 55.5 Å². The molecule has 0 N–H and O–H groups in total. The zero-order valence-electron chi connectivity index (χ0n) is 11.6. The number of benzene rings is 2. The molecule has 0 bridgehead atoms. The lowest BCUT2D eigenvalue weighted by atomic mass is 9.97. The van der Waals surface area contributed by atoms with E-state index in [1.165, 1.54) is 0 Å². The molecule has 1 heterocycles. The molecule has 0 saturated carbocycles. The summed E-state index contributed by atoms with van der Waals surface area (Å²) in [7, 11) is 0. The van der Waals surface area contributed by atoms with Crippen LogP contribution in [0, 0.1) is 6.92 Å². The van der Waals surface area contributed by atoms with Gasteiger partial charge in [-0.3, -0.25) is 9.78 Å². The van der Waals surface area contributed by atoms with Gasteiger partial charge in [0, 0.05) is 28.0 Å². The van der Waals surface area contributed by atoms with Gasteiger partial charge in [0.25, 0.3) is 0 Å². The normalized spacial score (nSPS) is 10.8. The first-order chi connectivity index (χ1) is 10.2. The van der Waals surface area contributed by atoms with Crippen molar-refractivity contribution in [3.63, 3.8) is 0 Å². The molecule has 0 aliphatic carbocycles. The molecule has 0 fully saturated rings. The second-order valence-corrected chi connectivity index (χ2v) is 5.85. The van der Waals surface area contributed by atoms with Crippen molar-refractivity contribution in [2.75, 3.05) is 0 Å². The molecule has 0 unspecified atom stereocenters. The smallest absolute Gasteiger partial charge is 0.167 e. The molecule has 104 valence electrons. The minimum absolute atomic E-state index is 0.130. The van der Waals surface area contributed by atoms with Gasteiger partial charge < -0.3 is 0 Å². The van der Waals surface area contributed by atoms with Crippen molar-refractivity contribution in [3.05, 3.63) is 75.9 Å². The molecule has 2 aromatic carbocycles. The number of para-hydroxylation sites is 1. The number of hydrogen-bond donors (Lipinski definition) is 0. The molecule has 0 amide bonds. The van der Waals surface area contributed by atoms with Crippen molar-refractivity contribution in [3.8, 4) is 0 Å². The van der Waals surface area contributed by atoms with Crippen molar-refractivity contribution in [2.24, 2.45) is 0 Å². The molecule has 2 nitrogen and oxygen atoms in total. The van der Waals surface area contributed by atoms with Crippen LogP contribution in [0.1, 0.15) is 21.5 Å². The fraction of sp³-hybridized carbons (Fsp3) is 0.111. The maximum Gasteiger partial charge on any atom is 0.167 e. The van der Waals surface area contributed by atoms with E-state index in [-0.39, 0.29) is 5.78 Å². The summed E-state index contributed by atoms with van der Waals surface area (Å²) in [5, 5.41) is 1.04. The zero-order chi connectivity index (χ0) is 14.8. The van der Waals surface area contributed by atoms with Crippen molar-refractivity contribution >= 4 is 32.6 Å². The number of Topliss-reactive ketones (excluding diaryl/α,β-unsaturated/α-hetero) is 1. The van der Waals surface area contributed by atoms with E-state index < -0.39 is 0 Å². The lowest BCUT2D eigenvalue weighted by Gasteiger charge is -2.08. The Balaban J connectivity index is 1.99. The number of hydrogen-bond acceptors (Lipinski definition) is 2. The minimum atomic E-state index is 0.130. The maximum absolute atomic E-state index is 12.6. The summed E-state index contributed by atoms with van der Waals surface area (Å²) < 4.78 is 0.966. The standard InChI is InChI=1S/C18H14BrNO/c1-12-14(6-4-7-16(12)19)18(21)11-13-9-10-20-17-8-3-2-5-15(13)17/h2-10H,11H2,1H3. The van der Waals surface area contributed by atoms with Crippen LogP contribution in [0.5, 0.6) is 0 Å². The molecule has 0 aliphatic rings. The van der Waals surface area contributed by atoms with Crippen molar-refractivity contribution in [1.82, 2.24) is 4.98 Å².